The lowest BCUT2D eigenvalue weighted by atomic mass is 10.1. The Bertz CT molecular complexity index is 681. The van der Waals surface area contributed by atoms with Crippen molar-refractivity contribution in [2.24, 2.45) is 0 Å². The van der Waals surface area contributed by atoms with Crippen molar-refractivity contribution in [2.75, 3.05) is 7.11 Å². The molecule has 0 spiro atoms. The van der Waals surface area contributed by atoms with E-state index < -0.39 is 0 Å². The molecule has 4 heteroatoms. The topological polar surface area (TPSA) is 42.2 Å². The summed E-state index contributed by atoms with van der Waals surface area (Å²) in [5.74, 6) is 1.40. The number of hydrogen-bond acceptors (Lipinski definition) is 3. The fourth-order valence-electron chi connectivity index (χ4n) is 2.21. The summed E-state index contributed by atoms with van der Waals surface area (Å²) in [5.41, 5.74) is 3.41. The molecule has 2 aromatic carbocycles. The zero-order chi connectivity index (χ0) is 15.4. The van der Waals surface area contributed by atoms with Gasteiger partial charge in [0.25, 0.3) is 0 Å². The van der Waals surface area contributed by atoms with Gasteiger partial charge in [-0.2, -0.15) is 5.26 Å². The monoisotopic (exact) mass is 301 g/mol. The molecule has 0 radical (unpaired) electrons. The van der Waals surface area contributed by atoms with E-state index in [9.17, 15) is 0 Å². The molecular weight excluding hydrogens is 286 g/mol. The second-order valence-electron chi connectivity index (χ2n) is 4.80. The summed E-state index contributed by atoms with van der Waals surface area (Å²) >= 11 is 6.01. The van der Waals surface area contributed by atoms with Crippen LogP contribution in [0.25, 0.3) is 0 Å². The molecule has 2 rings (SSSR count). The van der Waals surface area contributed by atoms with Gasteiger partial charge in [-0.25, -0.2) is 0 Å². The van der Waals surface area contributed by atoms with Crippen molar-refractivity contribution in [3.8, 4) is 17.6 Å². The average Bonchev–Trinajstić information content (AvgIpc) is 2.45. The average molecular weight is 302 g/mol. The molecule has 0 saturated carbocycles. The van der Waals surface area contributed by atoms with Crippen LogP contribution in [0.3, 0.4) is 0 Å². The van der Waals surface area contributed by atoms with Crippen LogP contribution in [0.15, 0.2) is 30.3 Å². The van der Waals surface area contributed by atoms with Gasteiger partial charge in [0, 0.05) is 5.02 Å². The molecule has 0 aliphatic heterocycles. The fraction of sp³-hybridized carbons (Fsp3) is 0.235. The Morgan fingerprint density at radius 2 is 1.81 bits per heavy atom. The predicted octanol–water partition coefficient (Wildman–Crippen LogP) is 4.42. The first-order valence-corrected chi connectivity index (χ1v) is 6.89. The van der Waals surface area contributed by atoms with Crippen molar-refractivity contribution in [3.63, 3.8) is 0 Å². The maximum absolute atomic E-state index is 9.09. The molecule has 0 aliphatic carbocycles. The Labute approximate surface area is 129 Å². The third-order valence-corrected chi connectivity index (χ3v) is 3.41. The van der Waals surface area contributed by atoms with E-state index in [1.807, 2.05) is 32.0 Å². The van der Waals surface area contributed by atoms with Crippen LogP contribution in [0.1, 0.15) is 22.3 Å². The number of rotatable bonds is 4. The second kappa shape index (κ2) is 6.51. The third kappa shape index (κ3) is 3.48. The van der Waals surface area contributed by atoms with Gasteiger partial charge in [-0.3, -0.25) is 0 Å². The number of halogens is 1. The van der Waals surface area contributed by atoms with Gasteiger partial charge in [0.15, 0.2) is 0 Å². The first-order valence-electron chi connectivity index (χ1n) is 6.51. The number of aryl methyl sites for hydroxylation is 2. The minimum absolute atomic E-state index is 0.391. The van der Waals surface area contributed by atoms with Gasteiger partial charge >= 0.3 is 0 Å². The molecule has 0 amide bonds. The Morgan fingerprint density at radius 3 is 2.38 bits per heavy atom. The molecule has 0 aliphatic rings. The SMILES string of the molecule is COc1ccc(COc2c(C)cc(Cl)cc2C)cc1C#N. The molecule has 108 valence electrons. The molecule has 0 N–H and O–H groups in total. The Kier molecular flexibility index (Phi) is 4.72. The van der Waals surface area contributed by atoms with Crippen molar-refractivity contribution in [3.05, 3.63) is 57.6 Å². The van der Waals surface area contributed by atoms with Crippen molar-refractivity contribution in [1.29, 1.82) is 5.26 Å². The minimum atomic E-state index is 0.391. The highest BCUT2D eigenvalue weighted by atomic mass is 35.5. The third-order valence-electron chi connectivity index (χ3n) is 3.19. The number of hydrogen-bond donors (Lipinski definition) is 0. The molecule has 0 saturated heterocycles. The molecule has 0 unspecified atom stereocenters. The van der Waals surface area contributed by atoms with Gasteiger partial charge < -0.3 is 9.47 Å². The van der Waals surface area contributed by atoms with Crippen molar-refractivity contribution in [1.82, 2.24) is 0 Å². The van der Waals surface area contributed by atoms with Gasteiger partial charge in [-0.05, 0) is 54.8 Å². The summed E-state index contributed by atoms with van der Waals surface area (Å²) in [4.78, 5) is 0. The van der Waals surface area contributed by atoms with Gasteiger partial charge in [0.05, 0.1) is 12.7 Å². The molecule has 21 heavy (non-hydrogen) atoms. The lowest BCUT2D eigenvalue weighted by molar-refractivity contribution is 0.301. The number of nitrogens with zero attached hydrogens (tertiary/aromatic N) is 1. The van der Waals surface area contributed by atoms with Gasteiger partial charge in [-0.15, -0.1) is 0 Å². The van der Waals surface area contributed by atoms with Crippen LogP contribution < -0.4 is 9.47 Å². The van der Waals surface area contributed by atoms with Crippen LogP contribution in [-0.2, 0) is 6.61 Å². The summed E-state index contributed by atoms with van der Waals surface area (Å²) in [6, 6.07) is 11.3. The zero-order valence-electron chi connectivity index (χ0n) is 12.2. The van der Waals surface area contributed by atoms with Crippen LogP contribution in [0.5, 0.6) is 11.5 Å². The largest absolute Gasteiger partial charge is 0.495 e. The molecular formula is C17H16ClNO2. The molecule has 3 nitrogen and oxygen atoms in total. The molecule has 0 bridgehead atoms. The number of nitriles is 1. The smallest absolute Gasteiger partial charge is 0.136 e. The summed E-state index contributed by atoms with van der Waals surface area (Å²) in [6.07, 6.45) is 0. The van der Waals surface area contributed by atoms with Crippen LogP contribution >= 0.6 is 11.6 Å². The first kappa shape index (κ1) is 15.2. The molecule has 0 atom stereocenters. The van der Waals surface area contributed by atoms with Crippen LogP contribution in [0, 0.1) is 25.2 Å². The normalized spacial score (nSPS) is 10.0. The summed E-state index contributed by atoms with van der Waals surface area (Å²) in [6.45, 7) is 4.31. The van der Waals surface area contributed by atoms with Gasteiger partial charge in [-0.1, -0.05) is 17.7 Å². The molecule has 0 fully saturated rings. The Balaban J connectivity index is 2.19. The summed E-state index contributed by atoms with van der Waals surface area (Å²) in [7, 11) is 1.55. The Hall–Kier alpha value is -2.18. The minimum Gasteiger partial charge on any atom is -0.495 e. The van der Waals surface area contributed by atoms with Crippen molar-refractivity contribution in [2.45, 2.75) is 20.5 Å². The van der Waals surface area contributed by atoms with E-state index >= 15 is 0 Å². The second-order valence-corrected chi connectivity index (χ2v) is 5.24. The fourth-order valence-corrected chi connectivity index (χ4v) is 2.54. The highest BCUT2D eigenvalue weighted by molar-refractivity contribution is 6.30. The summed E-state index contributed by atoms with van der Waals surface area (Å²) in [5, 5.41) is 9.79. The van der Waals surface area contributed by atoms with E-state index in [1.165, 1.54) is 0 Å². The quantitative estimate of drug-likeness (QED) is 0.839. The van der Waals surface area contributed by atoms with E-state index in [1.54, 1.807) is 19.2 Å². The molecule has 0 aromatic heterocycles. The highest BCUT2D eigenvalue weighted by Gasteiger charge is 2.08. The standard InChI is InChI=1S/C17H16ClNO2/c1-11-6-15(18)7-12(2)17(11)21-10-13-4-5-16(20-3)14(8-13)9-19/h4-8H,10H2,1-3H3. The van der Waals surface area contributed by atoms with Crippen molar-refractivity contribution < 1.29 is 9.47 Å². The van der Waals surface area contributed by atoms with E-state index in [4.69, 9.17) is 26.3 Å². The number of benzene rings is 2. The van der Waals surface area contributed by atoms with E-state index in [0.29, 0.717) is 22.9 Å². The lowest BCUT2D eigenvalue weighted by Crippen LogP contribution is -2.00. The van der Waals surface area contributed by atoms with Crippen LogP contribution in [-0.4, -0.2) is 7.11 Å². The van der Waals surface area contributed by atoms with Crippen LogP contribution in [0.2, 0.25) is 5.02 Å². The maximum Gasteiger partial charge on any atom is 0.136 e. The highest BCUT2D eigenvalue weighted by Crippen LogP contribution is 2.28. The van der Waals surface area contributed by atoms with E-state index in [2.05, 4.69) is 6.07 Å². The predicted molar refractivity (Wildman–Crippen MR) is 83.0 cm³/mol. The Morgan fingerprint density at radius 1 is 1.14 bits per heavy atom. The number of methoxy groups -OCH3 is 1. The van der Waals surface area contributed by atoms with Gasteiger partial charge in [0.2, 0.25) is 0 Å². The lowest BCUT2D eigenvalue weighted by Gasteiger charge is -2.13. The summed E-state index contributed by atoms with van der Waals surface area (Å²) < 4.78 is 11.0. The maximum atomic E-state index is 9.09. The number of ether oxygens (including phenoxy) is 2. The van der Waals surface area contributed by atoms with E-state index in [0.717, 1.165) is 22.4 Å². The van der Waals surface area contributed by atoms with Crippen LogP contribution in [0.4, 0.5) is 0 Å². The van der Waals surface area contributed by atoms with Crippen molar-refractivity contribution >= 4 is 11.6 Å². The van der Waals surface area contributed by atoms with Gasteiger partial charge in [0.1, 0.15) is 24.2 Å². The van der Waals surface area contributed by atoms with E-state index in [-0.39, 0.29) is 0 Å². The molecule has 2 aromatic rings. The zero-order valence-corrected chi connectivity index (χ0v) is 13.0. The first-order chi connectivity index (χ1) is 10.0. The molecule has 0 heterocycles.